The molecule has 0 aliphatic carbocycles. The first-order valence-electron chi connectivity index (χ1n) is 11.6. The Hall–Kier alpha value is -3.09. The summed E-state index contributed by atoms with van der Waals surface area (Å²) in [7, 11) is 0. The van der Waals surface area contributed by atoms with E-state index < -0.39 is 0 Å². The van der Waals surface area contributed by atoms with E-state index in [9.17, 15) is 0 Å². The Labute approximate surface area is 210 Å². The summed E-state index contributed by atoms with van der Waals surface area (Å²) in [5, 5.41) is 2.58. The van der Waals surface area contributed by atoms with E-state index in [-0.39, 0.29) is 0 Å². The van der Waals surface area contributed by atoms with Crippen LogP contribution < -0.4 is 5.73 Å². The lowest BCUT2D eigenvalue weighted by Gasteiger charge is -2.33. The summed E-state index contributed by atoms with van der Waals surface area (Å²) in [6.45, 7) is 3.62. The second-order valence-electron chi connectivity index (χ2n) is 8.51. The Bertz CT molecular complexity index is 1200. The fourth-order valence-electron chi connectivity index (χ4n) is 4.28. The van der Waals surface area contributed by atoms with Gasteiger partial charge in [-0.1, -0.05) is 42.5 Å². The standard InChI is InChI=1S/C28H30BrN5/c29-27(16-30)19-33-28(11-13-32-18-23-5-3-12-31-17-23)26-8-4-14-34(21-26)20-22-9-10-24-6-1-2-7-25(24)15-22/h1-3,5-7,9-13,15-17,19,26H,4,8,14,18,20-21,30H2. The van der Waals surface area contributed by atoms with E-state index in [1.807, 2.05) is 30.6 Å². The van der Waals surface area contributed by atoms with Crippen LogP contribution in [0.2, 0.25) is 0 Å². The molecule has 0 saturated carbocycles. The average Bonchev–Trinajstić information content (AvgIpc) is 2.88. The van der Waals surface area contributed by atoms with Gasteiger partial charge in [0.05, 0.1) is 11.0 Å². The summed E-state index contributed by atoms with van der Waals surface area (Å²) in [6, 6.07) is 19.3. The number of aromatic nitrogens is 1. The van der Waals surface area contributed by atoms with Crippen LogP contribution in [0, 0.1) is 5.92 Å². The molecule has 1 atom stereocenters. The highest BCUT2D eigenvalue weighted by atomic mass is 79.9. The summed E-state index contributed by atoms with van der Waals surface area (Å²) in [5.74, 6) is 0.341. The van der Waals surface area contributed by atoms with Gasteiger partial charge < -0.3 is 5.73 Å². The normalized spacial score (nSPS) is 18.3. The molecule has 1 aliphatic rings. The number of benzene rings is 2. The van der Waals surface area contributed by atoms with Gasteiger partial charge >= 0.3 is 0 Å². The van der Waals surface area contributed by atoms with E-state index >= 15 is 0 Å². The smallest absolute Gasteiger partial charge is 0.0654 e. The first-order chi connectivity index (χ1) is 16.7. The number of nitrogens with two attached hydrogens (primary N) is 1. The van der Waals surface area contributed by atoms with Gasteiger partial charge in [-0.15, -0.1) is 0 Å². The number of pyridine rings is 1. The Morgan fingerprint density at radius 3 is 2.82 bits per heavy atom. The lowest BCUT2D eigenvalue weighted by Crippen LogP contribution is -2.35. The zero-order valence-corrected chi connectivity index (χ0v) is 20.8. The highest BCUT2D eigenvalue weighted by Gasteiger charge is 2.23. The van der Waals surface area contributed by atoms with Crippen LogP contribution in [0.3, 0.4) is 0 Å². The molecule has 2 heterocycles. The van der Waals surface area contributed by atoms with Gasteiger partial charge in [0.15, 0.2) is 0 Å². The van der Waals surface area contributed by atoms with E-state index in [0.717, 1.165) is 48.2 Å². The molecule has 0 amide bonds. The first kappa shape index (κ1) is 24.0. The van der Waals surface area contributed by atoms with Gasteiger partial charge in [-0.25, -0.2) is 0 Å². The van der Waals surface area contributed by atoms with Gasteiger partial charge in [-0.2, -0.15) is 0 Å². The van der Waals surface area contributed by atoms with Crippen LogP contribution in [0.15, 0.2) is 99.4 Å². The molecule has 1 aromatic heterocycles. The minimum Gasteiger partial charge on any atom is -0.404 e. The summed E-state index contributed by atoms with van der Waals surface area (Å²) in [5.41, 5.74) is 9.07. The van der Waals surface area contributed by atoms with Crippen LogP contribution in [0.25, 0.3) is 10.8 Å². The SMILES string of the molecule is NC=C(Br)C=NC(=CC=NCc1cccnc1)C1CCCN(Cc2ccc3ccccc3c2)C1. The number of fused-ring (bicyclic) bond motifs is 1. The number of likely N-dealkylation sites (tertiary alicyclic amines) is 1. The molecule has 0 bridgehead atoms. The number of rotatable bonds is 8. The molecule has 1 saturated heterocycles. The van der Waals surface area contributed by atoms with E-state index in [0.29, 0.717) is 12.5 Å². The highest BCUT2D eigenvalue weighted by molar-refractivity contribution is 9.12. The van der Waals surface area contributed by atoms with Gasteiger partial charge in [0.1, 0.15) is 0 Å². The molecule has 5 nitrogen and oxygen atoms in total. The predicted octanol–water partition coefficient (Wildman–Crippen LogP) is 5.87. The maximum absolute atomic E-state index is 5.61. The molecule has 4 rings (SSSR count). The summed E-state index contributed by atoms with van der Waals surface area (Å²) < 4.78 is 0.759. The van der Waals surface area contributed by atoms with Gasteiger partial charge in [0.25, 0.3) is 0 Å². The zero-order valence-electron chi connectivity index (χ0n) is 19.2. The number of piperidine rings is 1. The minimum atomic E-state index is 0.341. The van der Waals surface area contributed by atoms with Crippen LogP contribution in [0.5, 0.6) is 0 Å². The number of aliphatic imine (C=N–C) groups is 2. The molecule has 2 N–H and O–H groups in total. The zero-order chi connectivity index (χ0) is 23.6. The molecule has 0 radical (unpaired) electrons. The van der Waals surface area contributed by atoms with Crippen LogP contribution >= 0.6 is 15.9 Å². The molecule has 1 unspecified atom stereocenters. The first-order valence-corrected chi connectivity index (χ1v) is 12.4. The van der Waals surface area contributed by atoms with Crippen molar-refractivity contribution in [3.63, 3.8) is 0 Å². The van der Waals surface area contributed by atoms with Crippen molar-refractivity contribution < 1.29 is 0 Å². The Morgan fingerprint density at radius 2 is 2.00 bits per heavy atom. The molecular formula is C28H30BrN5. The monoisotopic (exact) mass is 515 g/mol. The van der Waals surface area contributed by atoms with Crippen molar-refractivity contribution >= 4 is 39.1 Å². The molecule has 6 heteroatoms. The molecule has 34 heavy (non-hydrogen) atoms. The summed E-state index contributed by atoms with van der Waals surface area (Å²) in [4.78, 5) is 16.0. The van der Waals surface area contributed by atoms with Gasteiger partial charge in [-0.05, 0) is 75.4 Å². The topological polar surface area (TPSA) is 66.9 Å². The lowest BCUT2D eigenvalue weighted by molar-refractivity contribution is 0.183. The van der Waals surface area contributed by atoms with Crippen molar-refractivity contribution in [2.24, 2.45) is 21.6 Å². The van der Waals surface area contributed by atoms with Crippen LogP contribution in [-0.4, -0.2) is 35.4 Å². The van der Waals surface area contributed by atoms with Crippen molar-refractivity contribution in [3.8, 4) is 0 Å². The van der Waals surface area contributed by atoms with E-state index in [2.05, 4.69) is 73.3 Å². The van der Waals surface area contributed by atoms with E-state index in [1.54, 1.807) is 12.4 Å². The second-order valence-corrected chi connectivity index (χ2v) is 9.42. The fraction of sp³-hybridized carbons (Fsp3) is 0.250. The molecule has 174 valence electrons. The number of halogens is 1. The van der Waals surface area contributed by atoms with Gasteiger partial charge in [-0.3, -0.25) is 19.9 Å². The van der Waals surface area contributed by atoms with Crippen molar-refractivity contribution in [2.45, 2.75) is 25.9 Å². The Morgan fingerprint density at radius 1 is 1.12 bits per heavy atom. The van der Waals surface area contributed by atoms with E-state index in [1.165, 1.54) is 22.5 Å². The van der Waals surface area contributed by atoms with Crippen LogP contribution in [0.4, 0.5) is 0 Å². The molecule has 1 aliphatic heterocycles. The third kappa shape index (κ3) is 6.95. The van der Waals surface area contributed by atoms with Crippen LogP contribution in [-0.2, 0) is 13.1 Å². The van der Waals surface area contributed by atoms with Crippen molar-refractivity contribution in [3.05, 3.63) is 101 Å². The third-order valence-electron chi connectivity index (χ3n) is 5.99. The number of allylic oxidation sites excluding steroid dienone is 2. The van der Waals surface area contributed by atoms with Gasteiger partial charge in [0, 0.05) is 55.7 Å². The molecule has 3 aromatic rings. The van der Waals surface area contributed by atoms with E-state index in [4.69, 9.17) is 10.7 Å². The molecule has 0 spiro atoms. The number of hydrogen-bond acceptors (Lipinski definition) is 5. The fourth-order valence-corrected chi connectivity index (χ4v) is 4.38. The third-order valence-corrected chi connectivity index (χ3v) is 6.46. The number of nitrogens with zero attached hydrogens (tertiary/aromatic N) is 4. The van der Waals surface area contributed by atoms with Gasteiger partial charge in [0.2, 0.25) is 0 Å². The largest absolute Gasteiger partial charge is 0.404 e. The minimum absolute atomic E-state index is 0.341. The lowest BCUT2D eigenvalue weighted by atomic mass is 9.94. The molecule has 1 fully saturated rings. The second kappa shape index (κ2) is 12.4. The molecule has 2 aromatic carbocycles. The summed E-state index contributed by atoms with van der Waals surface area (Å²) >= 11 is 3.43. The maximum atomic E-state index is 5.61. The van der Waals surface area contributed by atoms with Crippen LogP contribution in [0.1, 0.15) is 24.0 Å². The predicted molar refractivity (Wildman–Crippen MR) is 146 cm³/mol. The number of hydrogen-bond donors (Lipinski definition) is 1. The Balaban J connectivity index is 1.46. The maximum Gasteiger partial charge on any atom is 0.0654 e. The van der Waals surface area contributed by atoms with Crippen molar-refractivity contribution in [1.29, 1.82) is 0 Å². The quantitative estimate of drug-likeness (QED) is 0.381. The highest BCUT2D eigenvalue weighted by Crippen LogP contribution is 2.26. The van der Waals surface area contributed by atoms with Crippen molar-refractivity contribution in [1.82, 2.24) is 9.88 Å². The average molecular weight is 516 g/mol. The Kier molecular flexibility index (Phi) is 8.77. The molecular weight excluding hydrogens is 486 g/mol. The van der Waals surface area contributed by atoms with Crippen molar-refractivity contribution in [2.75, 3.05) is 13.1 Å². The summed E-state index contributed by atoms with van der Waals surface area (Å²) in [6.07, 6.45) is 13.0.